The van der Waals surface area contributed by atoms with Crippen LogP contribution in [-0.4, -0.2) is 41.4 Å². The summed E-state index contributed by atoms with van der Waals surface area (Å²) in [7, 11) is -1.55. The molecule has 3 rings (SSSR count). The number of rotatable bonds is 5. The highest BCUT2D eigenvalue weighted by Crippen LogP contribution is 2.14. The predicted octanol–water partition coefficient (Wildman–Crippen LogP) is -0.202. The van der Waals surface area contributed by atoms with Crippen molar-refractivity contribution >= 4 is 15.9 Å². The third kappa shape index (κ3) is 3.92. The average Bonchev–Trinajstić information content (AvgIpc) is 3.22. The second kappa shape index (κ2) is 7.72. The van der Waals surface area contributed by atoms with Crippen molar-refractivity contribution < 1.29 is 13.2 Å². The Morgan fingerprint density at radius 2 is 1.82 bits per heavy atom. The van der Waals surface area contributed by atoms with Gasteiger partial charge in [-0.05, 0) is 30.5 Å². The smallest absolute Gasteiger partial charge is 0.330 e. The van der Waals surface area contributed by atoms with Crippen molar-refractivity contribution in [3.8, 4) is 0 Å². The van der Waals surface area contributed by atoms with E-state index in [-0.39, 0.29) is 12.5 Å². The Hall–Kier alpha value is -2.72. The van der Waals surface area contributed by atoms with Crippen LogP contribution >= 0.6 is 0 Å². The highest BCUT2D eigenvalue weighted by atomic mass is 32.2. The fourth-order valence-electron chi connectivity index (χ4n) is 3.13. The summed E-state index contributed by atoms with van der Waals surface area (Å²) in [5, 5.41) is 0. The number of hydrogen-bond donors (Lipinski definition) is 1. The van der Waals surface area contributed by atoms with E-state index >= 15 is 0 Å². The Labute approximate surface area is 162 Å². The molecule has 0 atom stereocenters. The first-order chi connectivity index (χ1) is 13.2. The second-order valence-electron chi connectivity index (χ2n) is 6.78. The van der Waals surface area contributed by atoms with E-state index in [0.29, 0.717) is 11.1 Å². The van der Waals surface area contributed by atoms with Gasteiger partial charge in [0.15, 0.2) is 4.90 Å². The van der Waals surface area contributed by atoms with E-state index in [9.17, 15) is 22.8 Å². The summed E-state index contributed by atoms with van der Waals surface area (Å²) in [5.41, 5.74) is -0.419. The Kier molecular flexibility index (Phi) is 5.52. The van der Waals surface area contributed by atoms with E-state index in [1.807, 2.05) is 0 Å². The number of likely N-dealkylation sites (tertiary alicyclic amines) is 1. The third-order valence-corrected chi connectivity index (χ3v) is 6.12. The zero-order chi connectivity index (χ0) is 20.5. The second-order valence-corrected chi connectivity index (χ2v) is 8.51. The first-order valence-electron chi connectivity index (χ1n) is 8.85. The summed E-state index contributed by atoms with van der Waals surface area (Å²) in [6.45, 7) is 1.37. The molecule has 1 aromatic heterocycles. The van der Waals surface area contributed by atoms with Gasteiger partial charge < -0.3 is 9.47 Å². The van der Waals surface area contributed by atoms with Crippen LogP contribution in [0.25, 0.3) is 0 Å². The van der Waals surface area contributed by atoms with Crippen molar-refractivity contribution in [3.05, 3.63) is 62.4 Å². The standard InChI is InChI=1S/C18H22N4O5S/c1-20-12-15(17(24)21(2)18(20)25)28(26,27)19-11-13-6-5-7-14(10-13)16(23)22-8-3-4-9-22/h5-7,10,12,19H,3-4,8-9,11H2,1-2H3. The fraction of sp³-hybridized carbons (Fsp3) is 0.389. The van der Waals surface area contributed by atoms with Crippen LogP contribution in [0.15, 0.2) is 44.9 Å². The average molecular weight is 406 g/mol. The molecule has 9 nitrogen and oxygen atoms in total. The van der Waals surface area contributed by atoms with Crippen molar-refractivity contribution in [2.75, 3.05) is 13.1 Å². The quantitative estimate of drug-likeness (QED) is 0.739. The number of nitrogens with one attached hydrogen (secondary N) is 1. The minimum Gasteiger partial charge on any atom is -0.339 e. The van der Waals surface area contributed by atoms with Gasteiger partial charge in [-0.2, -0.15) is 0 Å². The molecule has 0 spiro atoms. The lowest BCUT2D eigenvalue weighted by atomic mass is 10.1. The van der Waals surface area contributed by atoms with Gasteiger partial charge >= 0.3 is 5.69 Å². The lowest BCUT2D eigenvalue weighted by molar-refractivity contribution is 0.0792. The highest BCUT2D eigenvalue weighted by Gasteiger charge is 2.22. The number of hydrogen-bond acceptors (Lipinski definition) is 5. The summed E-state index contributed by atoms with van der Waals surface area (Å²) in [5.74, 6) is -0.0749. The molecular weight excluding hydrogens is 384 g/mol. The molecule has 1 saturated heterocycles. The number of amides is 1. The lowest BCUT2D eigenvalue weighted by Crippen LogP contribution is -2.41. The zero-order valence-corrected chi connectivity index (χ0v) is 16.5. The van der Waals surface area contributed by atoms with E-state index in [1.165, 1.54) is 14.1 Å². The van der Waals surface area contributed by atoms with Gasteiger partial charge in [-0.3, -0.25) is 14.2 Å². The summed E-state index contributed by atoms with van der Waals surface area (Å²) in [6.07, 6.45) is 2.97. The normalized spacial score (nSPS) is 14.4. The van der Waals surface area contributed by atoms with E-state index in [1.54, 1.807) is 29.2 Å². The van der Waals surface area contributed by atoms with E-state index < -0.39 is 26.2 Å². The number of carbonyl (C=O) groups is 1. The van der Waals surface area contributed by atoms with Crippen LogP contribution in [0.1, 0.15) is 28.8 Å². The molecule has 0 aliphatic carbocycles. The molecule has 2 aromatic rings. The maximum atomic E-state index is 12.6. The minimum absolute atomic E-state index is 0.0749. The third-order valence-electron chi connectivity index (χ3n) is 4.74. The van der Waals surface area contributed by atoms with Gasteiger partial charge in [-0.25, -0.2) is 17.9 Å². The number of carbonyl (C=O) groups excluding carboxylic acids is 1. The van der Waals surface area contributed by atoms with Gasteiger partial charge in [0.05, 0.1) is 0 Å². The maximum Gasteiger partial charge on any atom is 0.330 e. The zero-order valence-electron chi connectivity index (χ0n) is 15.7. The number of nitrogens with zero attached hydrogens (tertiary/aromatic N) is 3. The first kappa shape index (κ1) is 20.0. The van der Waals surface area contributed by atoms with Gasteiger partial charge in [0.25, 0.3) is 11.5 Å². The van der Waals surface area contributed by atoms with Crippen LogP contribution < -0.4 is 16.0 Å². The summed E-state index contributed by atoms with van der Waals surface area (Å²) in [4.78, 5) is 37.7. The molecule has 0 radical (unpaired) electrons. The number of aryl methyl sites for hydroxylation is 1. The topological polar surface area (TPSA) is 110 Å². The van der Waals surface area contributed by atoms with Gasteiger partial charge in [0.1, 0.15) is 0 Å². The number of sulfonamides is 1. The molecule has 1 fully saturated rings. The molecular formula is C18H22N4O5S. The van der Waals surface area contributed by atoms with Crippen molar-refractivity contribution in [1.29, 1.82) is 0 Å². The molecule has 1 aromatic carbocycles. The molecule has 0 saturated carbocycles. The Morgan fingerprint density at radius 1 is 1.14 bits per heavy atom. The van der Waals surface area contributed by atoms with Crippen molar-refractivity contribution in [1.82, 2.24) is 18.8 Å². The van der Waals surface area contributed by atoms with Crippen LogP contribution in [0.5, 0.6) is 0 Å². The fourth-order valence-corrected chi connectivity index (χ4v) is 4.31. The molecule has 2 heterocycles. The van der Waals surface area contributed by atoms with E-state index in [4.69, 9.17) is 0 Å². The monoisotopic (exact) mass is 406 g/mol. The van der Waals surface area contributed by atoms with E-state index in [2.05, 4.69) is 4.72 Å². The largest absolute Gasteiger partial charge is 0.339 e. The van der Waals surface area contributed by atoms with Crippen LogP contribution in [0, 0.1) is 0 Å². The lowest BCUT2D eigenvalue weighted by Gasteiger charge is -2.15. The molecule has 0 bridgehead atoms. The first-order valence-corrected chi connectivity index (χ1v) is 10.3. The Bertz CT molecular complexity index is 1130. The van der Waals surface area contributed by atoms with E-state index in [0.717, 1.165) is 41.3 Å². The summed E-state index contributed by atoms with van der Waals surface area (Å²) < 4.78 is 29.2. The summed E-state index contributed by atoms with van der Waals surface area (Å²) in [6, 6.07) is 6.73. The number of aromatic nitrogens is 2. The Balaban J connectivity index is 1.80. The van der Waals surface area contributed by atoms with Crippen LogP contribution in [0.4, 0.5) is 0 Å². The maximum absolute atomic E-state index is 12.6. The molecule has 1 aliphatic rings. The summed E-state index contributed by atoms with van der Waals surface area (Å²) >= 11 is 0. The SMILES string of the molecule is Cn1cc(S(=O)(=O)NCc2cccc(C(=O)N3CCCC3)c2)c(=O)n(C)c1=O. The molecule has 1 amide bonds. The molecule has 1 N–H and O–H groups in total. The van der Waals surface area contributed by atoms with Gasteiger partial charge in [-0.15, -0.1) is 0 Å². The molecule has 28 heavy (non-hydrogen) atoms. The van der Waals surface area contributed by atoms with Crippen LogP contribution in [0.2, 0.25) is 0 Å². The van der Waals surface area contributed by atoms with Crippen molar-refractivity contribution in [2.24, 2.45) is 14.1 Å². The molecule has 1 aliphatic heterocycles. The van der Waals surface area contributed by atoms with Gasteiger partial charge in [-0.1, -0.05) is 12.1 Å². The highest BCUT2D eigenvalue weighted by molar-refractivity contribution is 7.89. The molecule has 150 valence electrons. The Morgan fingerprint density at radius 3 is 2.50 bits per heavy atom. The van der Waals surface area contributed by atoms with Crippen molar-refractivity contribution in [3.63, 3.8) is 0 Å². The molecule has 0 unspecified atom stereocenters. The number of benzene rings is 1. The van der Waals surface area contributed by atoms with Crippen LogP contribution in [0.3, 0.4) is 0 Å². The van der Waals surface area contributed by atoms with Gasteiger partial charge in [0.2, 0.25) is 10.0 Å². The van der Waals surface area contributed by atoms with Gasteiger partial charge in [0, 0.05) is 45.5 Å². The van der Waals surface area contributed by atoms with Crippen LogP contribution in [-0.2, 0) is 30.7 Å². The predicted molar refractivity (Wildman–Crippen MR) is 103 cm³/mol. The molecule has 10 heteroatoms. The van der Waals surface area contributed by atoms with Crippen molar-refractivity contribution in [2.45, 2.75) is 24.3 Å². The minimum atomic E-state index is -4.14.